The van der Waals surface area contributed by atoms with Crippen molar-refractivity contribution in [3.8, 4) is 6.07 Å². The van der Waals surface area contributed by atoms with Crippen molar-refractivity contribution in [2.45, 2.75) is 33.1 Å². The number of carbonyl (C=O) groups excluding carboxylic acids is 2. The topological polar surface area (TPSA) is 91.2 Å². The number of benzene rings is 2. The summed E-state index contributed by atoms with van der Waals surface area (Å²) in [6.45, 7) is 8.22. The molecule has 0 aromatic heterocycles. The summed E-state index contributed by atoms with van der Waals surface area (Å²) in [5, 5.41) is 14.8. The number of anilines is 2. The Kier molecular flexibility index (Phi) is 7.15. The summed E-state index contributed by atoms with van der Waals surface area (Å²) in [5.41, 5.74) is 2.80. The maximum atomic E-state index is 12.5. The van der Waals surface area contributed by atoms with Crippen LogP contribution in [0.1, 0.15) is 43.6 Å². The highest BCUT2D eigenvalue weighted by molar-refractivity contribution is 6.04. The molecule has 2 N–H and O–H groups in total. The molecular weight excluding hydrogens is 366 g/mol. The number of rotatable bonds is 6. The highest BCUT2D eigenvalue weighted by atomic mass is 16.5. The minimum Gasteiger partial charge on any atom is -0.462 e. The van der Waals surface area contributed by atoms with E-state index in [1.54, 1.807) is 49.4 Å². The van der Waals surface area contributed by atoms with E-state index < -0.39 is 5.97 Å². The van der Waals surface area contributed by atoms with Gasteiger partial charge in [0.25, 0.3) is 5.91 Å². The molecule has 0 fully saturated rings. The number of nitrogens with zero attached hydrogens (tertiary/aromatic N) is 1. The van der Waals surface area contributed by atoms with Crippen molar-refractivity contribution in [1.29, 1.82) is 5.26 Å². The molecule has 0 saturated heterocycles. The van der Waals surface area contributed by atoms with Crippen LogP contribution in [0.2, 0.25) is 0 Å². The average Bonchev–Trinajstić information content (AvgIpc) is 2.68. The molecule has 0 atom stereocenters. The number of amides is 1. The first-order chi connectivity index (χ1) is 13.7. The largest absolute Gasteiger partial charge is 0.462 e. The standard InChI is InChI=1S/C23H25N3O3/c1-5-29-22(28)17(14-24)15-25-19-7-6-8-20(13-19)26-21(27)16-9-11-18(12-10-16)23(2,3)4/h6-13,15,25H,5H2,1-4H3,(H,26,27)/b17-15-. The summed E-state index contributed by atoms with van der Waals surface area (Å²) in [4.78, 5) is 24.2. The molecule has 2 aromatic carbocycles. The molecule has 0 saturated carbocycles. The summed E-state index contributed by atoms with van der Waals surface area (Å²) >= 11 is 0. The van der Waals surface area contributed by atoms with Crippen molar-refractivity contribution >= 4 is 23.3 Å². The smallest absolute Gasteiger partial charge is 0.350 e. The predicted octanol–water partition coefficient (Wildman–Crippen LogP) is 4.62. The summed E-state index contributed by atoms with van der Waals surface area (Å²) in [5.74, 6) is -0.909. The maximum Gasteiger partial charge on any atom is 0.350 e. The number of nitriles is 1. The quantitative estimate of drug-likeness (QED) is 0.426. The van der Waals surface area contributed by atoms with Crippen molar-refractivity contribution in [3.05, 3.63) is 71.4 Å². The number of hydrogen-bond acceptors (Lipinski definition) is 5. The van der Waals surface area contributed by atoms with Gasteiger partial charge < -0.3 is 15.4 Å². The first-order valence-electron chi connectivity index (χ1n) is 9.30. The zero-order chi connectivity index (χ0) is 21.4. The van der Waals surface area contributed by atoms with E-state index in [0.717, 1.165) is 5.56 Å². The lowest BCUT2D eigenvalue weighted by atomic mass is 9.87. The van der Waals surface area contributed by atoms with Crippen LogP contribution in [0.4, 0.5) is 11.4 Å². The van der Waals surface area contributed by atoms with Crippen LogP contribution in [0.5, 0.6) is 0 Å². The number of ether oxygens (including phenoxy) is 1. The maximum absolute atomic E-state index is 12.5. The third kappa shape index (κ3) is 6.22. The Hall–Kier alpha value is -3.59. The molecule has 1 amide bonds. The van der Waals surface area contributed by atoms with Crippen LogP contribution in [0.15, 0.2) is 60.3 Å². The first-order valence-corrected chi connectivity index (χ1v) is 9.30. The molecule has 0 aliphatic heterocycles. The molecule has 6 nitrogen and oxygen atoms in total. The fourth-order valence-corrected chi connectivity index (χ4v) is 2.51. The Morgan fingerprint density at radius 2 is 1.76 bits per heavy atom. The Labute approximate surface area is 171 Å². The molecule has 6 heteroatoms. The van der Waals surface area contributed by atoms with E-state index in [0.29, 0.717) is 16.9 Å². The lowest BCUT2D eigenvalue weighted by Crippen LogP contribution is -2.14. The van der Waals surface area contributed by atoms with Gasteiger partial charge in [-0.25, -0.2) is 4.79 Å². The van der Waals surface area contributed by atoms with Crippen molar-refractivity contribution in [3.63, 3.8) is 0 Å². The van der Waals surface area contributed by atoms with Crippen LogP contribution in [0.25, 0.3) is 0 Å². The third-order valence-corrected chi connectivity index (χ3v) is 4.13. The van der Waals surface area contributed by atoms with Gasteiger partial charge in [-0.1, -0.05) is 39.0 Å². The van der Waals surface area contributed by atoms with Gasteiger partial charge in [-0.3, -0.25) is 4.79 Å². The van der Waals surface area contributed by atoms with E-state index in [2.05, 4.69) is 31.4 Å². The Morgan fingerprint density at radius 3 is 2.34 bits per heavy atom. The molecule has 0 unspecified atom stereocenters. The zero-order valence-electron chi connectivity index (χ0n) is 17.1. The lowest BCUT2D eigenvalue weighted by Gasteiger charge is -2.19. The number of esters is 1. The molecule has 29 heavy (non-hydrogen) atoms. The van der Waals surface area contributed by atoms with Gasteiger partial charge in [-0.05, 0) is 48.2 Å². The van der Waals surface area contributed by atoms with Gasteiger partial charge in [-0.15, -0.1) is 0 Å². The van der Waals surface area contributed by atoms with E-state index in [1.165, 1.54) is 6.20 Å². The van der Waals surface area contributed by atoms with E-state index in [9.17, 15) is 9.59 Å². The highest BCUT2D eigenvalue weighted by Gasteiger charge is 2.14. The van der Waals surface area contributed by atoms with Crippen LogP contribution in [0, 0.1) is 11.3 Å². The number of hydrogen-bond donors (Lipinski definition) is 2. The second kappa shape index (κ2) is 9.56. The van der Waals surface area contributed by atoms with E-state index in [4.69, 9.17) is 10.00 Å². The summed E-state index contributed by atoms with van der Waals surface area (Å²) in [6, 6.07) is 16.3. The Bertz CT molecular complexity index is 949. The minimum absolute atomic E-state index is 0.0222. The van der Waals surface area contributed by atoms with Gasteiger partial charge in [0.05, 0.1) is 6.61 Å². The van der Waals surface area contributed by atoms with Crippen molar-refractivity contribution < 1.29 is 14.3 Å². The van der Waals surface area contributed by atoms with Crippen LogP contribution >= 0.6 is 0 Å². The molecule has 0 bridgehead atoms. The molecule has 2 rings (SSSR count). The minimum atomic E-state index is -0.689. The van der Waals surface area contributed by atoms with Gasteiger partial charge in [0.2, 0.25) is 0 Å². The van der Waals surface area contributed by atoms with E-state index in [-0.39, 0.29) is 23.5 Å². The van der Waals surface area contributed by atoms with Crippen molar-refractivity contribution in [1.82, 2.24) is 0 Å². The molecular formula is C23H25N3O3. The third-order valence-electron chi connectivity index (χ3n) is 4.13. The van der Waals surface area contributed by atoms with Crippen molar-refractivity contribution in [2.24, 2.45) is 0 Å². The summed E-state index contributed by atoms with van der Waals surface area (Å²) in [6.07, 6.45) is 1.28. The molecule has 0 heterocycles. The van der Waals surface area contributed by atoms with E-state index >= 15 is 0 Å². The average molecular weight is 391 g/mol. The number of nitrogens with one attached hydrogen (secondary N) is 2. The first kappa shape index (κ1) is 21.7. The van der Waals surface area contributed by atoms with E-state index in [1.807, 2.05) is 12.1 Å². The fourth-order valence-electron chi connectivity index (χ4n) is 2.51. The van der Waals surface area contributed by atoms with Crippen LogP contribution in [0.3, 0.4) is 0 Å². The van der Waals surface area contributed by atoms with Gasteiger partial charge in [0.15, 0.2) is 5.57 Å². The molecule has 0 radical (unpaired) electrons. The molecule has 0 aliphatic carbocycles. The van der Waals surface area contributed by atoms with Gasteiger partial charge in [0, 0.05) is 23.1 Å². The highest BCUT2D eigenvalue weighted by Crippen LogP contribution is 2.23. The fraction of sp³-hybridized carbons (Fsp3) is 0.261. The molecule has 0 spiro atoms. The molecule has 0 aliphatic rings. The Balaban J connectivity index is 2.08. The monoisotopic (exact) mass is 391 g/mol. The van der Waals surface area contributed by atoms with Crippen LogP contribution < -0.4 is 10.6 Å². The van der Waals surface area contributed by atoms with Gasteiger partial charge >= 0.3 is 5.97 Å². The summed E-state index contributed by atoms with van der Waals surface area (Å²) in [7, 11) is 0. The van der Waals surface area contributed by atoms with Crippen molar-refractivity contribution in [2.75, 3.05) is 17.2 Å². The second-order valence-corrected chi connectivity index (χ2v) is 7.40. The second-order valence-electron chi connectivity index (χ2n) is 7.40. The SMILES string of the molecule is CCOC(=O)/C(C#N)=C\Nc1cccc(NC(=O)c2ccc(C(C)(C)C)cc2)c1. The summed E-state index contributed by atoms with van der Waals surface area (Å²) < 4.78 is 4.81. The van der Waals surface area contributed by atoms with Crippen LogP contribution in [-0.2, 0) is 14.9 Å². The van der Waals surface area contributed by atoms with Crippen LogP contribution in [-0.4, -0.2) is 18.5 Å². The molecule has 150 valence electrons. The molecule has 2 aromatic rings. The normalized spacial score (nSPS) is 11.3. The Morgan fingerprint density at radius 1 is 1.10 bits per heavy atom. The zero-order valence-corrected chi connectivity index (χ0v) is 17.1. The van der Waals surface area contributed by atoms with Gasteiger partial charge in [0.1, 0.15) is 6.07 Å². The number of carbonyl (C=O) groups is 2. The lowest BCUT2D eigenvalue weighted by molar-refractivity contribution is -0.138. The predicted molar refractivity (Wildman–Crippen MR) is 113 cm³/mol. The van der Waals surface area contributed by atoms with Gasteiger partial charge in [-0.2, -0.15) is 5.26 Å².